The molecule has 1 heterocycles. The van der Waals surface area contributed by atoms with E-state index >= 15 is 0 Å². The van der Waals surface area contributed by atoms with Gasteiger partial charge in [-0.3, -0.25) is 4.79 Å². The standard InChI is InChI=1S/C27H24N2O3/c1-16-12-20(18-7-6-17-10-11-29-27(28)22(17)13-18)14-23-21(16)8-9-25(23)32-24-5-3-2-4-19(24)15-26(30)31/h2-7,10-14,25H,8-9,15H2,1H3,(H2,28,29)(H,30,31). The van der Waals surface area contributed by atoms with E-state index in [0.29, 0.717) is 17.1 Å². The molecule has 0 saturated carbocycles. The van der Waals surface area contributed by atoms with Crippen molar-refractivity contribution in [1.82, 2.24) is 4.98 Å². The number of anilines is 1. The first-order valence-corrected chi connectivity index (χ1v) is 10.7. The fourth-order valence-electron chi connectivity index (χ4n) is 4.64. The predicted octanol–water partition coefficient (Wildman–Crippen LogP) is 5.49. The second kappa shape index (κ2) is 8.00. The van der Waals surface area contributed by atoms with Crippen LogP contribution in [0, 0.1) is 6.92 Å². The van der Waals surface area contributed by atoms with E-state index in [1.807, 2.05) is 30.3 Å². The molecule has 4 aromatic rings. The molecular formula is C27H24N2O3. The van der Waals surface area contributed by atoms with Crippen LogP contribution in [0.1, 0.15) is 34.8 Å². The summed E-state index contributed by atoms with van der Waals surface area (Å²) in [6, 6.07) is 20.0. The van der Waals surface area contributed by atoms with Gasteiger partial charge >= 0.3 is 5.97 Å². The Morgan fingerprint density at radius 1 is 1.12 bits per heavy atom. The van der Waals surface area contributed by atoms with Crippen LogP contribution < -0.4 is 10.5 Å². The van der Waals surface area contributed by atoms with Crippen molar-refractivity contribution >= 4 is 22.6 Å². The molecule has 0 fully saturated rings. The Balaban J connectivity index is 1.52. The Morgan fingerprint density at radius 3 is 2.81 bits per heavy atom. The lowest BCUT2D eigenvalue weighted by molar-refractivity contribution is -0.136. The molecule has 5 rings (SSSR count). The Morgan fingerprint density at radius 2 is 1.97 bits per heavy atom. The Labute approximate surface area is 186 Å². The Kier molecular flexibility index (Phi) is 5.02. The number of fused-ring (bicyclic) bond motifs is 2. The van der Waals surface area contributed by atoms with Crippen LogP contribution in [0.2, 0.25) is 0 Å². The van der Waals surface area contributed by atoms with Gasteiger partial charge in [0.05, 0.1) is 6.42 Å². The number of para-hydroxylation sites is 1. The van der Waals surface area contributed by atoms with Gasteiger partial charge in [0.2, 0.25) is 0 Å². The number of carbonyl (C=O) groups is 1. The molecule has 5 heteroatoms. The average Bonchev–Trinajstić information content (AvgIpc) is 3.18. The van der Waals surface area contributed by atoms with E-state index < -0.39 is 5.97 Å². The van der Waals surface area contributed by atoms with Gasteiger partial charge in [0.25, 0.3) is 0 Å². The van der Waals surface area contributed by atoms with E-state index in [4.69, 9.17) is 10.5 Å². The Bertz CT molecular complexity index is 1350. The van der Waals surface area contributed by atoms with Crippen molar-refractivity contribution in [3.8, 4) is 16.9 Å². The molecule has 0 aliphatic heterocycles. The van der Waals surface area contributed by atoms with Crippen molar-refractivity contribution in [2.45, 2.75) is 32.3 Å². The number of hydrogen-bond acceptors (Lipinski definition) is 4. The second-order valence-electron chi connectivity index (χ2n) is 8.32. The Hall–Kier alpha value is -3.86. The van der Waals surface area contributed by atoms with Crippen LogP contribution in [0.15, 0.2) is 66.9 Å². The highest BCUT2D eigenvalue weighted by Crippen LogP contribution is 2.40. The lowest BCUT2D eigenvalue weighted by atomic mass is 9.95. The zero-order valence-corrected chi connectivity index (χ0v) is 17.8. The number of nitrogen functional groups attached to an aromatic ring is 1. The largest absolute Gasteiger partial charge is 0.485 e. The van der Waals surface area contributed by atoms with E-state index in [1.165, 1.54) is 16.7 Å². The highest BCUT2D eigenvalue weighted by molar-refractivity contribution is 5.94. The van der Waals surface area contributed by atoms with Crippen molar-refractivity contribution in [2.24, 2.45) is 0 Å². The quantitative estimate of drug-likeness (QED) is 0.443. The summed E-state index contributed by atoms with van der Waals surface area (Å²) < 4.78 is 6.38. The molecule has 1 aliphatic carbocycles. The SMILES string of the molecule is Cc1cc(-c2ccc3ccnc(N)c3c2)cc2c1CCC2Oc1ccccc1CC(=O)O. The number of pyridine rings is 1. The van der Waals surface area contributed by atoms with Gasteiger partial charge in [-0.2, -0.15) is 0 Å². The number of aryl methyl sites for hydroxylation is 1. The van der Waals surface area contributed by atoms with Crippen LogP contribution in [-0.2, 0) is 17.6 Å². The van der Waals surface area contributed by atoms with Gasteiger partial charge in [-0.15, -0.1) is 0 Å². The molecule has 3 aromatic carbocycles. The molecule has 1 aromatic heterocycles. The third-order valence-electron chi connectivity index (χ3n) is 6.22. The van der Waals surface area contributed by atoms with Crippen molar-refractivity contribution in [3.63, 3.8) is 0 Å². The minimum absolute atomic E-state index is 0.0542. The lowest BCUT2D eigenvalue weighted by Gasteiger charge is -2.19. The summed E-state index contributed by atoms with van der Waals surface area (Å²) in [5.74, 6) is 0.301. The molecule has 5 nitrogen and oxygen atoms in total. The van der Waals surface area contributed by atoms with Crippen molar-refractivity contribution < 1.29 is 14.6 Å². The number of nitrogens with two attached hydrogens (primary N) is 1. The normalized spacial score (nSPS) is 15.0. The molecule has 1 unspecified atom stereocenters. The van der Waals surface area contributed by atoms with Gasteiger partial charge in [0.15, 0.2) is 0 Å². The van der Waals surface area contributed by atoms with Crippen LogP contribution in [0.3, 0.4) is 0 Å². The van der Waals surface area contributed by atoms with Crippen LogP contribution in [0.25, 0.3) is 21.9 Å². The van der Waals surface area contributed by atoms with Crippen molar-refractivity contribution in [3.05, 3.63) is 89.1 Å². The number of benzene rings is 3. The zero-order valence-electron chi connectivity index (χ0n) is 17.8. The molecule has 160 valence electrons. The molecule has 3 N–H and O–H groups in total. The van der Waals surface area contributed by atoms with Gasteiger partial charge < -0.3 is 15.6 Å². The predicted molar refractivity (Wildman–Crippen MR) is 126 cm³/mol. The number of aliphatic carboxylic acids is 1. The van der Waals surface area contributed by atoms with Crippen LogP contribution in [0.5, 0.6) is 5.75 Å². The molecule has 32 heavy (non-hydrogen) atoms. The minimum Gasteiger partial charge on any atom is -0.485 e. The summed E-state index contributed by atoms with van der Waals surface area (Å²) >= 11 is 0. The zero-order chi connectivity index (χ0) is 22.2. The maximum atomic E-state index is 11.3. The van der Waals surface area contributed by atoms with E-state index in [1.54, 1.807) is 6.20 Å². The molecule has 0 amide bonds. The summed E-state index contributed by atoms with van der Waals surface area (Å²) in [6.45, 7) is 2.14. The van der Waals surface area contributed by atoms with Crippen molar-refractivity contribution in [1.29, 1.82) is 0 Å². The molecule has 0 saturated heterocycles. The number of carboxylic acid groups (broad SMARTS) is 1. The first-order chi connectivity index (χ1) is 15.5. The minimum atomic E-state index is -0.865. The van der Waals surface area contributed by atoms with E-state index in [9.17, 15) is 9.90 Å². The highest BCUT2D eigenvalue weighted by Gasteiger charge is 2.27. The fraction of sp³-hybridized carbons (Fsp3) is 0.185. The summed E-state index contributed by atoms with van der Waals surface area (Å²) in [4.78, 5) is 15.5. The summed E-state index contributed by atoms with van der Waals surface area (Å²) in [5.41, 5.74) is 12.7. The number of ether oxygens (including phenoxy) is 1. The molecule has 0 spiro atoms. The lowest BCUT2D eigenvalue weighted by Crippen LogP contribution is -2.08. The maximum Gasteiger partial charge on any atom is 0.307 e. The van der Waals surface area contributed by atoms with Gasteiger partial charge in [-0.1, -0.05) is 36.4 Å². The third-order valence-corrected chi connectivity index (χ3v) is 6.22. The van der Waals surface area contributed by atoms with Gasteiger partial charge in [0, 0.05) is 17.1 Å². The average molecular weight is 425 g/mol. The number of aromatic nitrogens is 1. The summed E-state index contributed by atoms with van der Waals surface area (Å²) in [7, 11) is 0. The maximum absolute atomic E-state index is 11.3. The van der Waals surface area contributed by atoms with E-state index in [2.05, 4.69) is 42.2 Å². The fourth-order valence-corrected chi connectivity index (χ4v) is 4.64. The smallest absolute Gasteiger partial charge is 0.307 e. The molecule has 0 bridgehead atoms. The van der Waals surface area contributed by atoms with Gasteiger partial charge in [-0.25, -0.2) is 4.98 Å². The highest BCUT2D eigenvalue weighted by atomic mass is 16.5. The number of hydrogen-bond donors (Lipinski definition) is 2. The van der Waals surface area contributed by atoms with Gasteiger partial charge in [0.1, 0.15) is 17.7 Å². The third kappa shape index (κ3) is 3.66. The molecular weight excluding hydrogens is 400 g/mol. The van der Waals surface area contributed by atoms with E-state index in [-0.39, 0.29) is 12.5 Å². The number of nitrogens with zero attached hydrogens (tertiary/aromatic N) is 1. The van der Waals surface area contributed by atoms with Crippen LogP contribution >= 0.6 is 0 Å². The first kappa shape index (κ1) is 20.1. The molecule has 1 atom stereocenters. The molecule has 1 aliphatic rings. The first-order valence-electron chi connectivity index (χ1n) is 10.7. The van der Waals surface area contributed by atoms with Crippen LogP contribution in [-0.4, -0.2) is 16.1 Å². The summed E-state index contributed by atoms with van der Waals surface area (Å²) in [5, 5.41) is 11.2. The number of rotatable bonds is 5. The number of carboxylic acids is 1. The second-order valence-corrected chi connectivity index (χ2v) is 8.32. The summed E-state index contributed by atoms with van der Waals surface area (Å²) in [6.07, 6.45) is 3.38. The topological polar surface area (TPSA) is 85.4 Å². The van der Waals surface area contributed by atoms with Crippen molar-refractivity contribution in [2.75, 3.05) is 5.73 Å². The molecule has 0 radical (unpaired) electrons. The van der Waals surface area contributed by atoms with Gasteiger partial charge in [-0.05, 0) is 77.2 Å². The van der Waals surface area contributed by atoms with Crippen LogP contribution in [0.4, 0.5) is 5.82 Å². The van der Waals surface area contributed by atoms with E-state index in [0.717, 1.165) is 34.7 Å². The monoisotopic (exact) mass is 424 g/mol.